The first-order valence-corrected chi connectivity index (χ1v) is 8.23. The van der Waals surface area contributed by atoms with Crippen LogP contribution in [0.2, 0.25) is 0 Å². The van der Waals surface area contributed by atoms with Crippen LogP contribution >= 0.6 is 0 Å². The van der Waals surface area contributed by atoms with Gasteiger partial charge in [0.2, 0.25) is 11.9 Å². The quantitative estimate of drug-likeness (QED) is 0.790. The maximum atomic E-state index is 12.6. The summed E-state index contributed by atoms with van der Waals surface area (Å²) in [5.41, 5.74) is 1.66. The number of nitrogens with zero attached hydrogens (tertiary/aromatic N) is 3. The summed E-state index contributed by atoms with van der Waals surface area (Å²) in [6.07, 6.45) is 2.41. The molecule has 1 amide bonds. The molecule has 4 rings (SSSR count). The molecular formula is C18H18N4O3. The normalized spacial score (nSPS) is 16.1. The highest BCUT2D eigenvalue weighted by Crippen LogP contribution is 2.31. The average molecular weight is 338 g/mol. The fourth-order valence-corrected chi connectivity index (χ4v) is 2.93. The average Bonchev–Trinajstić information content (AvgIpc) is 3.04. The Balaban J connectivity index is 1.51. The lowest BCUT2D eigenvalue weighted by atomic mass is 9.96. The number of hydrogen-bond acceptors (Lipinski definition) is 5. The molecule has 1 N–H and O–H groups in total. The number of aromatic nitrogens is 3. The predicted octanol–water partition coefficient (Wildman–Crippen LogP) is 2.32. The summed E-state index contributed by atoms with van der Waals surface area (Å²) in [7, 11) is 0. The molecule has 0 fully saturated rings. The molecule has 1 atom stereocenters. The van der Waals surface area contributed by atoms with Gasteiger partial charge in [0.25, 0.3) is 0 Å². The molecule has 128 valence electrons. The van der Waals surface area contributed by atoms with Crippen molar-refractivity contribution in [3.63, 3.8) is 0 Å². The number of rotatable bonds is 4. The van der Waals surface area contributed by atoms with Crippen LogP contribution in [-0.4, -0.2) is 33.7 Å². The van der Waals surface area contributed by atoms with E-state index in [2.05, 4.69) is 15.5 Å². The van der Waals surface area contributed by atoms with Crippen LogP contribution in [0.5, 0.6) is 11.5 Å². The summed E-state index contributed by atoms with van der Waals surface area (Å²) in [5.74, 6) is 1.58. The third-order valence-electron chi connectivity index (χ3n) is 4.17. The zero-order valence-electron chi connectivity index (χ0n) is 13.8. The Hall–Kier alpha value is -3.09. The van der Waals surface area contributed by atoms with Gasteiger partial charge in [-0.1, -0.05) is 6.07 Å². The van der Waals surface area contributed by atoms with Crippen molar-refractivity contribution in [3.05, 3.63) is 48.2 Å². The second-order valence-corrected chi connectivity index (χ2v) is 5.86. The molecule has 0 bridgehead atoms. The molecule has 25 heavy (non-hydrogen) atoms. The summed E-state index contributed by atoms with van der Waals surface area (Å²) in [6, 6.07) is 11.3. The van der Waals surface area contributed by atoms with Gasteiger partial charge >= 0.3 is 0 Å². The first-order chi connectivity index (χ1) is 12.2. The highest BCUT2D eigenvalue weighted by atomic mass is 16.5. The van der Waals surface area contributed by atoms with Crippen LogP contribution in [0.1, 0.15) is 12.5 Å². The number of ether oxygens (including phenoxy) is 2. The Morgan fingerprint density at radius 1 is 1.36 bits per heavy atom. The first kappa shape index (κ1) is 15.4. The molecule has 0 aliphatic carbocycles. The Kier molecular flexibility index (Phi) is 3.97. The van der Waals surface area contributed by atoms with Gasteiger partial charge in [0.1, 0.15) is 18.1 Å². The maximum Gasteiger partial charge on any atom is 0.235 e. The molecule has 0 saturated carbocycles. The van der Waals surface area contributed by atoms with E-state index in [0.717, 1.165) is 17.1 Å². The highest BCUT2D eigenvalue weighted by molar-refractivity contribution is 5.91. The molecule has 7 nitrogen and oxygen atoms in total. The third-order valence-corrected chi connectivity index (χ3v) is 4.17. The molecular weight excluding hydrogens is 320 g/mol. The topological polar surface area (TPSA) is 77.8 Å². The molecule has 0 spiro atoms. The summed E-state index contributed by atoms with van der Waals surface area (Å²) in [6.45, 7) is 2.88. The minimum Gasteiger partial charge on any atom is -0.494 e. The van der Waals surface area contributed by atoms with Crippen molar-refractivity contribution in [2.24, 2.45) is 5.92 Å². The molecule has 1 aliphatic rings. The summed E-state index contributed by atoms with van der Waals surface area (Å²) in [4.78, 5) is 12.6. The Bertz CT molecular complexity index is 922. The summed E-state index contributed by atoms with van der Waals surface area (Å²) < 4.78 is 13.0. The van der Waals surface area contributed by atoms with Crippen LogP contribution in [0, 0.1) is 5.92 Å². The van der Waals surface area contributed by atoms with Crippen LogP contribution in [0.3, 0.4) is 0 Å². The fraction of sp³-hybridized carbons (Fsp3) is 0.278. The SMILES string of the molecule is CCOc1ccc2c(c1)C[C@@H](C(=O)Nc1nnc3ccccn13)CO2. The van der Waals surface area contributed by atoms with Crippen LogP contribution in [-0.2, 0) is 11.2 Å². The minimum absolute atomic E-state index is 0.134. The van der Waals surface area contributed by atoms with Crippen molar-refractivity contribution in [3.8, 4) is 11.5 Å². The number of pyridine rings is 1. The Labute approximate surface area is 144 Å². The van der Waals surface area contributed by atoms with E-state index in [-0.39, 0.29) is 11.8 Å². The van der Waals surface area contributed by atoms with Crippen LogP contribution in [0.25, 0.3) is 5.65 Å². The van der Waals surface area contributed by atoms with E-state index in [4.69, 9.17) is 9.47 Å². The van der Waals surface area contributed by atoms with Crippen molar-refractivity contribution < 1.29 is 14.3 Å². The number of carbonyl (C=O) groups excluding carboxylic acids is 1. The van der Waals surface area contributed by atoms with E-state index in [1.807, 2.05) is 49.5 Å². The van der Waals surface area contributed by atoms with Gasteiger partial charge in [0, 0.05) is 6.20 Å². The lowest BCUT2D eigenvalue weighted by molar-refractivity contribution is -0.121. The van der Waals surface area contributed by atoms with Crippen LogP contribution in [0.15, 0.2) is 42.6 Å². The predicted molar refractivity (Wildman–Crippen MR) is 91.9 cm³/mol. The van der Waals surface area contributed by atoms with Gasteiger partial charge in [-0.3, -0.25) is 14.5 Å². The van der Waals surface area contributed by atoms with E-state index < -0.39 is 0 Å². The van der Waals surface area contributed by atoms with Crippen molar-refractivity contribution in [2.75, 3.05) is 18.5 Å². The smallest absolute Gasteiger partial charge is 0.235 e. The largest absolute Gasteiger partial charge is 0.494 e. The monoisotopic (exact) mass is 338 g/mol. The third kappa shape index (κ3) is 3.00. The maximum absolute atomic E-state index is 12.6. The Morgan fingerprint density at radius 2 is 2.28 bits per heavy atom. The van der Waals surface area contributed by atoms with Gasteiger partial charge in [0.15, 0.2) is 5.65 Å². The number of hydrogen-bond donors (Lipinski definition) is 1. The van der Waals surface area contributed by atoms with Crippen molar-refractivity contribution in [1.82, 2.24) is 14.6 Å². The van der Waals surface area contributed by atoms with Crippen LogP contribution < -0.4 is 14.8 Å². The van der Waals surface area contributed by atoms with E-state index in [9.17, 15) is 4.79 Å². The first-order valence-electron chi connectivity index (χ1n) is 8.23. The lowest BCUT2D eigenvalue weighted by Crippen LogP contribution is -2.33. The number of anilines is 1. The van der Waals surface area contributed by atoms with Gasteiger partial charge in [-0.25, -0.2) is 0 Å². The second kappa shape index (κ2) is 6.43. The molecule has 0 saturated heterocycles. The van der Waals surface area contributed by atoms with E-state index >= 15 is 0 Å². The van der Waals surface area contributed by atoms with Gasteiger partial charge in [0.05, 0.1) is 12.5 Å². The highest BCUT2D eigenvalue weighted by Gasteiger charge is 2.27. The number of benzene rings is 1. The molecule has 1 aliphatic heterocycles. The van der Waals surface area contributed by atoms with Gasteiger partial charge in [-0.15, -0.1) is 10.2 Å². The van der Waals surface area contributed by atoms with Crippen molar-refractivity contribution >= 4 is 17.5 Å². The molecule has 1 aromatic carbocycles. The standard InChI is InChI=1S/C18H18N4O3/c1-2-24-14-6-7-15-12(10-14)9-13(11-25-15)17(23)19-18-21-20-16-5-3-4-8-22(16)18/h3-8,10,13H,2,9,11H2,1H3,(H,19,21,23)/t13-/m1/s1. The summed E-state index contributed by atoms with van der Waals surface area (Å²) >= 11 is 0. The van der Waals surface area contributed by atoms with Crippen molar-refractivity contribution in [1.29, 1.82) is 0 Å². The zero-order valence-corrected chi connectivity index (χ0v) is 13.8. The number of amides is 1. The van der Waals surface area contributed by atoms with E-state index in [0.29, 0.717) is 31.2 Å². The van der Waals surface area contributed by atoms with Crippen LogP contribution in [0.4, 0.5) is 5.95 Å². The number of fused-ring (bicyclic) bond motifs is 2. The summed E-state index contributed by atoms with van der Waals surface area (Å²) in [5, 5.41) is 10.9. The lowest BCUT2D eigenvalue weighted by Gasteiger charge is -2.24. The fourth-order valence-electron chi connectivity index (χ4n) is 2.93. The van der Waals surface area contributed by atoms with Gasteiger partial charge < -0.3 is 9.47 Å². The molecule has 2 aromatic heterocycles. The molecule has 7 heteroatoms. The minimum atomic E-state index is -0.291. The zero-order chi connectivity index (χ0) is 17.2. The molecule has 3 heterocycles. The second-order valence-electron chi connectivity index (χ2n) is 5.86. The molecule has 0 radical (unpaired) electrons. The van der Waals surface area contributed by atoms with Gasteiger partial charge in [-0.05, 0) is 49.2 Å². The Morgan fingerprint density at radius 3 is 3.16 bits per heavy atom. The van der Waals surface area contributed by atoms with Gasteiger partial charge in [-0.2, -0.15) is 0 Å². The molecule has 3 aromatic rings. The number of carbonyl (C=O) groups is 1. The van der Waals surface area contributed by atoms with Crippen molar-refractivity contribution in [2.45, 2.75) is 13.3 Å². The van der Waals surface area contributed by atoms with E-state index in [1.165, 1.54) is 0 Å². The number of nitrogens with one attached hydrogen (secondary N) is 1. The van der Waals surface area contributed by atoms with E-state index in [1.54, 1.807) is 4.40 Å². The molecule has 0 unspecified atom stereocenters.